The fourth-order valence-corrected chi connectivity index (χ4v) is 5.38. The Hall–Kier alpha value is -0.790. The van der Waals surface area contributed by atoms with E-state index >= 15 is 0 Å². The maximum absolute atomic E-state index is 12.2. The fraction of sp³-hybridized carbons (Fsp3) is 0.500. The highest BCUT2D eigenvalue weighted by Gasteiger charge is 2.31. The largest absolute Gasteiger partial charge is 0.398 e. The van der Waals surface area contributed by atoms with E-state index in [1.54, 1.807) is 0 Å². The molecule has 0 fully saturated rings. The van der Waals surface area contributed by atoms with Gasteiger partial charge in [-0.25, -0.2) is 16.8 Å². The molecule has 0 aliphatic heterocycles. The van der Waals surface area contributed by atoms with Gasteiger partial charge in [-0.2, -0.15) is 0 Å². The third-order valence-corrected chi connectivity index (χ3v) is 7.97. The van der Waals surface area contributed by atoms with Crippen LogP contribution in [0.2, 0.25) is 5.02 Å². The van der Waals surface area contributed by atoms with Gasteiger partial charge in [-0.15, -0.1) is 0 Å². The Balaban J connectivity index is 3.10. The molecule has 0 aliphatic carbocycles. The number of nitrogens with two attached hydrogens (primary N) is 1. The molecule has 0 unspecified atom stereocenters. The smallest absolute Gasteiger partial charge is 0.182 e. The van der Waals surface area contributed by atoms with Gasteiger partial charge in [-0.05, 0) is 32.9 Å². The van der Waals surface area contributed by atoms with Gasteiger partial charge in [0.15, 0.2) is 19.7 Å². The molecule has 0 saturated carbocycles. The van der Waals surface area contributed by atoms with Gasteiger partial charge < -0.3 is 5.73 Å². The number of hydrogen-bond donors (Lipinski definition) is 1. The summed E-state index contributed by atoms with van der Waals surface area (Å²) in [6.07, 6.45) is 0. The Kier molecular flexibility index (Phi) is 4.78. The van der Waals surface area contributed by atoms with E-state index in [4.69, 9.17) is 17.3 Å². The fourth-order valence-electron chi connectivity index (χ4n) is 1.48. The number of anilines is 1. The molecule has 114 valence electrons. The van der Waals surface area contributed by atoms with Gasteiger partial charge in [0, 0.05) is 0 Å². The first-order chi connectivity index (χ1) is 8.88. The summed E-state index contributed by atoms with van der Waals surface area (Å²) in [7, 11) is -7.38. The topological polar surface area (TPSA) is 94.3 Å². The molecule has 1 aromatic carbocycles. The van der Waals surface area contributed by atoms with Crippen molar-refractivity contribution in [1.82, 2.24) is 0 Å². The molecule has 1 aromatic rings. The minimum absolute atomic E-state index is 0.00171. The maximum Gasteiger partial charge on any atom is 0.182 e. The van der Waals surface area contributed by atoms with Gasteiger partial charge in [0.25, 0.3) is 0 Å². The third-order valence-electron chi connectivity index (χ3n) is 2.86. The summed E-state index contributed by atoms with van der Waals surface area (Å²) in [4.78, 5) is -0.203. The van der Waals surface area contributed by atoms with Crippen molar-refractivity contribution in [3.05, 3.63) is 23.2 Å². The summed E-state index contributed by atoms with van der Waals surface area (Å²) in [5.41, 5.74) is 5.64. The highest BCUT2D eigenvalue weighted by molar-refractivity contribution is 7.96. The number of rotatable bonds is 4. The second kappa shape index (κ2) is 5.54. The Bertz CT molecular complexity index is 683. The van der Waals surface area contributed by atoms with Crippen molar-refractivity contribution in [3.8, 4) is 0 Å². The molecule has 0 amide bonds. The zero-order valence-electron chi connectivity index (χ0n) is 11.6. The summed E-state index contributed by atoms with van der Waals surface area (Å²) in [5, 5.41) is -0.00171. The van der Waals surface area contributed by atoms with E-state index in [-0.39, 0.29) is 15.6 Å². The van der Waals surface area contributed by atoms with Gasteiger partial charge in [-0.1, -0.05) is 17.7 Å². The molecule has 8 heteroatoms. The number of nitrogen functional groups attached to an aromatic ring is 1. The zero-order chi connectivity index (χ0) is 15.8. The molecule has 0 atom stereocenters. The summed E-state index contributed by atoms with van der Waals surface area (Å²) in [5.74, 6) is -1.01. The Morgan fingerprint density at radius 2 is 1.65 bits per heavy atom. The van der Waals surface area contributed by atoms with E-state index in [0.29, 0.717) is 0 Å². The van der Waals surface area contributed by atoms with Crippen LogP contribution in [0.3, 0.4) is 0 Å². The van der Waals surface area contributed by atoms with Crippen LogP contribution in [0.15, 0.2) is 23.1 Å². The molecule has 0 bridgehead atoms. The monoisotopic (exact) mass is 339 g/mol. The van der Waals surface area contributed by atoms with Crippen LogP contribution >= 0.6 is 11.6 Å². The van der Waals surface area contributed by atoms with Crippen LogP contribution in [0, 0.1) is 0 Å². The zero-order valence-corrected chi connectivity index (χ0v) is 13.9. The first-order valence-corrected chi connectivity index (χ1v) is 9.56. The van der Waals surface area contributed by atoms with Crippen molar-refractivity contribution in [3.63, 3.8) is 0 Å². The van der Waals surface area contributed by atoms with Crippen molar-refractivity contribution in [2.24, 2.45) is 0 Å². The van der Waals surface area contributed by atoms with Gasteiger partial charge >= 0.3 is 0 Å². The maximum atomic E-state index is 12.2. The summed E-state index contributed by atoms with van der Waals surface area (Å²) >= 11 is 5.85. The highest BCUT2D eigenvalue weighted by atomic mass is 35.5. The number of halogens is 1. The molecule has 0 saturated heterocycles. The molecule has 5 nitrogen and oxygen atoms in total. The van der Waals surface area contributed by atoms with E-state index < -0.39 is 35.9 Å². The average Bonchev–Trinajstić information content (AvgIpc) is 2.24. The van der Waals surface area contributed by atoms with E-state index in [0.717, 1.165) is 0 Å². The standard InChI is InChI=1S/C12H18ClNO4S2/c1-12(2,3)20(17,18)8-7-19(15,16)11-9(13)5-4-6-10(11)14/h4-6H,7-8,14H2,1-3H3. The van der Waals surface area contributed by atoms with Crippen LogP contribution in [-0.2, 0) is 19.7 Å². The minimum atomic E-state index is -3.85. The Morgan fingerprint density at radius 1 is 1.10 bits per heavy atom. The lowest BCUT2D eigenvalue weighted by atomic mass is 10.3. The molecule has 2 N–H and O–H groups in total. The van der Waals surface area contributed by atoms with Crippen molar-refractivity contribution < 1.29 is 16.8 Å². The molecule has 0 aliphatic rings. The van der Waals surface area contributed by atoms with Crippen LogP contribution in [0.4, 0.5) is 5.69 Å². The molecule has 20 heavy (non-hydrogen) atoms. The molecule has 0 radical (unpaired) electrons. The molecule has 0 aromatic heterocycles. The van der Waals surface area contributed by atoms with Gasteiger partial charge in [-0.3, -0.25) is 0 Å². The lowest BCUT2D eigenvalue weighted by molar-refractivity contribution is 0.559. The number of benzene rings is 1. The lowest BCUT2D eigenvalue weighted by Crippen LogP contribution is -2.33. The molecular formula is C12H18ClNO4S2. The van der Waals surface area contributed by atoms with Crippen LogP contribution < -0.4 is 5.73 Å². The van der Waals surface area contributed by atoms with E-state index in [9.17, 15) is 16.8 Å². The predicted molar refractivity (Wildman–Crippen MR) is 81.5 cm³/mol. The van der Waals surface area contributed by atoms with Crippen LogP contribution in [0.5, 0.6) is 0 Å². The third kappa shape index (κ3) is 3.65. The second-order valence-electron chi connectivity index (χ2n) is 5.41. The van der Waals surface area contributed by atoms with Crippen molar-refractivity contribution in [2.75, 3.05) is 17.2 Å². The molecule has 1 rings (SSSR count). The normalized spacial score (nSPS) is 13.4. The number of sulfone groups is 2. The second-order valence-corrected chi connectivity index (χ2v) is 10.7. The van der Waals surface area contributed by atoms with E-state index in [1.807, 2.05) is 0 Å². The van der Waals surface area contributed by atoms with Crippen LogP contribution in [0.1, 0.15) is 20.8 Å². The highest BCUT2D eigenvalue weighted by Crippen LogP contribution is 2.28. The van der Waals surface area contributed by atoms with Crippen molar-refractivity contribution >= 4 is 37.0 Å². The average molecular weight is 340 g/mol. The summed E-state index contributed by atoms with van der Waals surface area (Å²) < 4.78 is 47.4. The van der Waals surface area contributed by atoms with E-state index in [1.165, 1.54) is 39.0 Å². The summed E-state index contributed by atoms with van der Waals surface area (Å²) in [6.45, 7) is 4.58. The Morgan fingerprint density at radius 3 is 2.10 bits per heavy atom. The first kappa shape index (κ1) is 17.3. The van der Waals surface area contributed by atoms with Crippen molar-refractivity contribution in [2.45, 2.75) is 30.4 Å². The quantitative estimate of drug-likeness (QED) is 0.845. The first-order valence-electron chi connectivity index (χ1n) is 5.87. The summed E-state index contributed by atoms with van der Waals surface area (Å²) in [6, 6.07) is 4.35. The molecular weight excluding hydrogens is 322 g/mol. The van der Waals surface area contributed by atoms with Gasteiger partial charge in [0.05, 0.1) is 27.0 Å². The van der Waals surface area contributed by atoms with E-state index in [2.05, 4.69) is 0 Å². The van der Waals surface area contributed by atoms with Crippen molar-refractivity contribution in [1.29, 1.82) is 0 Å². The predicted octanol–water partition coefficient (Wildman–Crippen LogP) is 1.91. The SMILES string of the molecule is CC(C)(C)S(=O)(=O)CCS(=O)(=O)c1c(N)cccc1Cl. The molecule has 0 heterocycles. The Labute approximate surface area is 125 Å². The minimum Gasteiger partial charge on any atom is -0.398 e. The lowest BCUT2D eigenvalue weighted by Gasteiger charge is -2.19. The van der Waals surface area contributed by atoms with Crippen LogP contribution in [-0.4, -0.2) is 33.1 Å². The van der Waals surface area contributed by atoms with Gasteiger partial charge in [0.1, 0.15) is 4.90 Å². The molecule has 0 spiro atoms. The number of hydrogen-bond acceptors (Lipinski definition) is 5. The van der Waals surface area contributed by atoms with Gasteiger partial charge in [0.2, 0.25) is 0 Å². The van der Waals surface area contributed by atoms with Crippen LogP contribution in [0.25, 0.3) is 0 Å².